The monoisotopic (exact) mass is 240 g/mol. The summed E-state index contributed by atoms with van der Waals surface area (Å²) in [5.41, 5.74) is 2.52. The van der Waals surface area contributed by atoms with Crippen LogP contribution in [0.4, 0.5) is 0 Å². The predicted molar refractivity (Wildman–Crippen MR) is 75.5 cm³/mol. The van der Waals surface area contributed by atoms with Gasteiger partial charge in [-0.05, 0) is 36.6 Å². The average Bonchev–Trinajstić information content (AvgIpc) is 3.22. The first kappa shape index (κ1) is 11.7. The molecule has 3 rings (SSSR count). The molecule has 0 aliphatic heterocycles. The van der Waals surface area contributed by atoms with Crippen LogP contribution in [0.2, 0.25) is 0 Å². The van der Waals surface area contributed by atoms with Crippen molar-refractivity contribution in [1.82, 2.24) is 10.3 Å². The SMILES string of the molecule is CCNC(CC1CC1)c1cccc2ncccc12. The normalized spacial score (nSPS) is 16.9. The highest BCUT2D eigenvalue weighted by atomic mass is 14.9. The molecule has 1 aromatic heterocycles. The van der Waals surface area contributed by atoms with Crippen LogP contribution in [0.15, 0.2) is 36.5 Å². The van der Waals surface area contributed by atoms with Gasteiger partial charge >= 0.3 is 0 Å². The summed E-state index contributed by atoms with van der Waals surface area (Å²) in [6.07, 6.45) is 5.95. The van der Waals surface area contributed by atoms with Crippen LogP contribution < -0.4 is 5.32 Å². The lowest BCUT2D eigenvalue weighted by Gasteiger charge is -2.19. The van der Waals surface area contributed by atoms with E-state index in [0.717, 1.165) is 18.0 Å². The van der Waals surface area contributed by atoms with Gasteiger partial charge in [-0.1, -0.05) is 38.0 Å². The van der Waals surface area contributed by atoms with E-state index >= 15 is 0 Å². The number of pyridine rings is 1. The first-order valence-electron chi connectivity index (χ1n) is 6.95. The van der Waals surface area contributed by atoms with Gasteiger partial charge in [0.15, 0.2) is 0 Å². The Morgan fingerprint density at radius 3 is 2.94 bits per heavy atom. The van der Waals surface area contributed by atoms with Gasteiger partial charge in [0, 0.05) is 17.6 Å². The van der Waals surface area contributed by atoms with Crippen LogP contribution in [0, 0.1) is 5.92 Å². The lowest BCUT2D eigenvalue weighted by atomic mass is 9.97. The number of nitrogens with one attached hydrogen (secondary N) is 1. The van der Waals surface area contributed by atoms with Crippen LogP contribution in [-0.2, 0) is 0 Å². The van der Waals surface area contributed by atoms with Crippen LogP contribution in [0.25, 0.3) is 10.9 Å². The lowest BCUT2D eigenvalue weighted by molar-refractivity contribution is 0.489. The zero-order valence-electron chi connectivity index (χ0n) is 10.9. The number of nitrogens with zero attached hydrogens (tertiary/aromatic N) is 1. The molecule has 0 radical (unpaired) electrons. The minimum absolute atomic E-state index is 0.482. The number of hydrogen-bond donors (Lipinski definition) is 1. The van der Waals surface area contributed by atoms with Gasteiger partial charge in [-0.15, -0.1) is 0 Å². The smallest absolute Gasteiger partial charge is 0.0705 e. The van der Waals surface area contributed by atoms with Crippen LogP contribution in [0.1, 0.15) is 37.8 Å². The Morgan fingerprint density at radius 2 is 2.17 bits per heavy atom. The minimum Gasteiger partial charge on any atom is -0.310 e. The molecule has 18 heavy (non-hydrogen) atoms. The summed E-state index contributed by atoms with van der Waals surface area (Å²) in [6, 6.07) is 11.2. The summed E-state index contributed by atoms with van der Waals surface area (Å²) in [4.78, 5) is 4.45. The highest BCUT2D eigenvalue weighted by molar-refractivity contribution is 5.82. The number of fused-ring (bicyclic) bond motifs is 1. The summed E-state index contributed by atoms with van der Waals surface area (Å²) in [5, 5.41) is 4.93. The van der Waals surface area contributed by atoms with Crippen molar-refractivity contribution in [3.05, 3.63) is 42.1 Å². The molecule has 1 aromatic carbocycles. The maximum absolute atomic E-state index is 4.45. The van der Waals surface area contributed by atoms with Gasteiger partial charge in [-0.3, -0.25) is 4.98 Å². The molecule has 1 unspecified atom stereocenters. The first-order chi connectivity index (χ1) is 8.88. The summed E-state index contributed by atoms with van der Waals surface area (Å²) in [6.45, 7) is 3.21. The molecular formula is C16H20N2. The van der Waals surface area contributed by atoms with Crippen LogP contribution in [0.5, 0.6) is 0 Å². The summed E-state index contributed by atoms with van der Waals surface area (Å²) in [7, 11) is 0. The van der Waals surface area contributed by atoms with Crippen molar-refractivity contribution >= 4 is 10.9 Å². The summed E-state index contributed by atoms with van der Waals surface area (Å²) >= 11 is 0. The Morgan fingerprint density at radius 1 is 1.28 bits per heavy atom. The van der Waals surface area contributed by atoms with E-state index < -0.39 is 0 Å². The second kappa shape index (κ2) is 5.07. The Labute approximate surface area is 108 Å². The fourth-order valence-corrected chi connectivity index (χ4v) is 2.68. The zero-order valence-corrected chi connectivity index (χ0v) is 10.9. The third-order valence-corrected chi connectivity index (χ3v) is 3.77. The zero-order chi connectivity index (χ0) is 12.4. The van der Waals surface area contributed by atoms with Gasteiger partial charge in [0.2, 0.25) is 0 Å². The maximum Gasteiger partial charge on any atom is 0.0705 e. The van der Waals surface area contributed by atoms with Crippen LogP contribution >= 0.6 is 0 Å². The highest BCUT2D eigenvalue weighted by Gasteiger charge is 2.26. The van der Waals surface area contributed by atoms with Crippen molar-refractivity contribution in [2.24, 2.45) is 5.92 Å². The van der Waals surface area contributed by atoms with Crippen LogP contribution in [-0.4, -0.2) is 11.5 Å². The van der Waals surface area contributed by atoms with Gasteiger partial charge < -0.3 is 5.32 Å². The Kier molecular flexibility index (Phi) is 3.28. The molecule has 0 bridgehead atoms. The van der Waals surface area contributed by atoms with Gasteiger partial charge in [-0.25, -0.2) is 0 Å². The molecule has 1 aliphatic carbocycles. The fourth-order valence-electron chi connectivity index (χ4n) is 2.68. The molecule has 1 heterocycles. The molecule has 0 saturated heterocycles. The van der Waals surface area contributed by atoms with Crippen LogP contribution in [0.3, 0.4) is 0 Å². The fraction of sp³-hybridized carbons (Fsp3) is 0.438. The minimum atomic E-state index is 0.482. The standard InChI is InChI=1S/C16H20N2/c1-2-17-16(11-12-8-9-12)14-5-3-7-15-13(14)6-4-10-18-15/h3-7,10,12,16-17H,2,8-9,11H2,1H3. The molecule has 2 heteroatoms. The van der Waals surface area contributed by atoms with Crippen molar-refractivity contribution in [2.75, 3.05) is 6.54 Å². The van der Waals surface area contributed by atoms with Crippen molar-refractivity contribution < 1.29 is 0 Å². The second-order valence-corrected chi connectivity index (χ2v) is 5.21. The number of hydrogen-bond acceptors (Lipinski definition) is 2. The van der Waals surface area contributed by atoms with E-state index in [1.54, 1.807) is 0 Å². The number of benzene rings is 1. The van der Waals surface area contributed by atoms with Gasteiger partial charge in [0.1, 0.15) is 0 Å². The quantitative estimate of drug-likeness (QED) is 0.862. The first-order valence-corrected chi connectivity index (χ1v) is 6.95. The average molecular weight is 240 g/mol. The third kappa shape index (κ3) is 2.39. The molecule has 2 aromatic rings. The number of aromatic nitrogens is 1. The van der Waals surface area contributed by atoms with E-state index in [1.807, 2.05) is 12.3 Å². The molecule has 1 atom stereocenters. The highest BCUT2D eigenvalue weighted by Crippen LogP contribution is 2.38. The van der Waals surface area contributed by atoms with Gasteiger partial charge in [0.25, 0.3) is 0 Å². The summed E-state index contributed by atoms with van der Waals surface area (Å²) < 4.78 is 0. The second-order valence-electron chi connectivity index (χ2n) is 5.21. The molecule has 1 saturated carbocycles. The molecule has 94 valence electrons. The summed E-state index contributed by atoms with van der Waals surface area (Å²) in [5.74, 6) is 0.931. The van der Waals surface area contributed by atoms with Gasteiger partial charge in [-0.2, -0.15) is 0 Å². The van der Waals surface area contributed by atoms with E-state index in [9.17, 15) is 0 Å². The molecule has 0 spiro atoms. The largest absolute Gasteiger partial charge is 0.310 e. The molecule has 1 fully saturated rings. The van der Waals surface area contributed by atoms with E-state index in [4.69, 9.17) is 0 Å². The van der Waals surface area contributed by atoms with E-state index in [2.05, 4.69) is 41.5 Å². The molecule has 2 nitrogen and oxygen atoms in total. The Balaban J connectivity index is 1.98. The molecule has 1 N–H and O–H groups in total. The third-order valence-electron chi connectivity index (χ3n) is 3.77. The van der Waals surface area contributed by atoms with Gasteiger partial charge in [0.05, 0.1) is 5.52 Å². The molecular weight excluding hydrogens is 220 g/mol. The van der Waals surface area contributed by atoms with E-state index in [0.29, 0.717) is 6.04 Å². The Hall–Kier alpha value is -1.41. The topological polar surface area (TPSA) is 24.9 Å². The predicted octanol–water partition coefficient (Wildman–Crippen LogP) is 3.69. The molecule has 0 amide bonds. The van der Waals surface area contributed by atoms with Crippen molar-refractivity contribution in [2.45, 2.75) is 32.2 Å². The van der Waals surface area contributed by atoms with E-state index in [1.165, 1.54) is 30.2 Å². The lowest BCUT2D eigenvalue weighted by Crippen LogP contribution is -2.21. The van der Waals surface area contributed by atoms with E-state index in [-0.39, 0.29) is 0 Å². The van der Waals surface area contributed by atoms with Crippen molar-refractivity contribution in [3.63, 3.8) is 0 Å². The maximum atomic E-state index is 4.45. The Bertz CT molecular complexity index is 526. The van der Waals surface area contributed by atoms with Crippen molar-refractivity contribution in [3.8, 4) is 0 Å². The molecule has 1 aliphatic rings. The van der Waals surface area contributed by atoms with Crippen molar-refractivity contribution in [1.29, 1.82) is 0 Å². The number of rotatable bonds is 5.